The third-order valence-corrected chi connectivity index (χ3v) is 4.82. The molecule has 3 heterocycles. The fraction of sp³-hybridized carbons (Fsp3) is 0.200. The van der Waals surface area contributed by atoms with Gasteiger partial charge in [0.05, 0.1) is 24.4 Å². The molecule has 28 heavy (non-hydrogen) atoms. The monoisotopic (exact) mass is 377 g/mol. The van der Waals surface area contributed by atoms with Crippen LogP contribution in [-0.4, -0.2) is 33.7 Å². The Balaban J connectivity index is 1.72. The lowest BCUT2D eigenvalue weighted by Crippen LogP contribution is -2.30. The molecule has 1 atom stereocenters. The van der Waals surface area contributed by atoms with Crippen molar-refractivity contribution in [2.45, 2.75) is 19.3 Å². The lowest BCUT2D eigenvalue weighted by atomic mass is 9.97. The molecular weight excluding hydrogens is 358 g/mol. The minimum absolute atomic E-state index is 0.0367. The van der Waals surface area contributed by atoms with Crippen LogP contribution < -0.4 is 15.4 Å². The molecule has 2 aromatic heterocycles. The third-order valence-electron chi connectivity index (χ3n) is 4.82. The first-order chi connectivity index (χ1) is 13.5. The predicted molar refractivity (Wildman–Crippen MR) is 103 cm³/mol. The van der Waals surface area contributed by atoms with Crippen molar-refractivity contribution in [3.05, 3.63) is 59.9 Å². The van der Waals surface area contributed by atoms with Crippen molar-refractivity contribution in [2.75, 3.05) is 17.7 Å². The lowest BCUT2D eigenvalue weighted by Gasteiger charge is -2.16. The maximum atomic E-state index is 13.1. The SMILES string of the molecule is COc1cccc(N2C(=O)C[C@@H](c3c(C)nn(-c4ccccn4)c3N)C2=O)c1. The van der Waals surface area contributed by atoms with E-state index < -0.39 is 5.92 Å². The predicted octanol–water partition coefficient (Wildman–Crippen LogP) is 2.21. The molecule has 2 N–H and O–H groups in total. The van der Waals surface area contributed by atoms with Crippen molar-refractivity contribution in [1.82, 2.24) is 14.8 Å². The van der Waals surface area contributed by atoms with E-state index in [-0.39, 0.29) is 18.2 Å². The van der Waals surface area contributed by atoms with Gasteiger partial charge in [-0.3, -0.25) is 9.59 Å². The van der Waals surface area contributed by atoms with Crippen LogP contribution in [-0.2, 0) is 9.59 Å². The molecule has 1 aromatic carbocycles. The minimum atomic E-state index is -0.684. The van der Waals surface area contributed by atoms with Crippen LogP contribution >= 0.6 is 0 Å². The Labute approximate surface area is 161 Å². The Kier molecular flexibility index (Phi) is 4.31. The van der Waals surface area contributed by atoms with Crippen LogP contribution in [0.4, 0.5) is 11.5 Å². The molecule has 0 spiro atoms. The highest BCUT2D eigenvalue weighted by Gasteiger charge is 2.43. The van der Waals surface area contributed by atoms with E-state index in [9.17, 15) is 9.59 Å². The van der Waals surface area contributed by atoms with Gasteiger partial charge in [-0.1, -0.05) is 12.1 Å². The zero-order valence-corrected chi connectivity index (χ0v) is 15.5. The Morgan fingerprint density at radius 1 is 1.18 bits per heavy atom. The fourth-order valence-corrected chi connectivity index (χ4v) is 3.52. The van der Waals surface area contributed by atoms with E-state index in [1.54, 1.807) is 49.5 Å². The van der Waals surface area contributed by atoms with Gasteiger partial charge in [0.15, 0.2) is 5.82 Å². The highest BCUT2D eigenvalue weighted by atomic mass is 16.5. The number of nitrogens with two attached hydrogens (primary N) is 1. The molecule has 1 aliphatic rings. The van der Waals surface area contributed by atoms with Gasteiger partial charge in [-0.2, -0.15) is 9.78 Å². The van der Waals surface area contributed by atoms with Crippen molar-refractivity contribution in [1.29, 1.82) is 0 Å². The first-order valence-corrected chi connectivity index (χ1v) is 8.78. The Bertz CT molecular complexity index is 1060. The number of hydrogen-bond acceptors (Lipinski definition) is 6. The van der Waals surface area contributed by atoms with E-state index in [1.807, 2.05) is 6.07 Å². The van der Waals surface area contributed by atoms with Gasteiger partial charge in [0.25, 0.3) is 0 Å². The third kappa shape index (κ3) is 2.79. The molecule has 0 aliphatic carbocycles. The number of amides is 2. The Morgan fingerprint density at radius 2 is 2.00 bits per heavy atom. The standard InChI is InChI=1S/C20H19N5O3/c1-12-18(19(21)25(23-12)16-8-3-4-9-22-16)15-11-17(26)24(20(15)27)13-6-5-7-14(10-13)28-2/h3-10,15H,11,21H2,1-2H3/t15-/m0/s1. The van der Waals surface area contributed by atoms with E-state index >= 15 is 0 Å². The van der Waals surface area contributed by atoms with Crippen molar-refractivity contribution in [3.63, 3.8) is 0 Å². The molecule has 142 valence electrons. The number of methoxy groups -OCH3 is 1. The summed E-state index contributed by atoms with van der Waals surface area (Å²) in [6.07, 6.45) is 1.68. The van der Waals surface area contributed by atoms with Crippen molar-refractivity contribution in [2.24, 2.45) is 0 Å². The number of anilines is 2. The van der Waals surface area contributed by atoms with Crippen molar-refractivity contribution >= 4 is 23.3 Å². The molecule has 1 fully saturated rings. The summed E-state index contributed by atoms with van der Waals surface area (Å²) in [4.78, 5) is 31.2. The number of aromatic nitrogens is 3. The van der Waals surface area contributed by atoms with Crippen LogP contribution in [0, 0.1) is 6.92 Å². The Morgan fingerprint density at radius 3 is 2.71 bits per heavy atom. The molecule has 8 heteroatoms. The van der Waals surface area contributed by atoms with Gasteiger partial charge >= 0.3 is 0 Å². The van der Waals surface area contributed by atoms with E-state index in [0.717, 1.165) is 0 Å². The van der Waals surface area contributed by atoms with Gasteiger partial charge in [-0.15, -0.1) is 0 Å². The zero-order chi connectivity index (χ0) is 19.8. The second kappa shape index (κ2) is 6.80. The first kappa shape index (κ1) is 17.7. The number of nitrogen functional groups attached to an aromatic ring is 1. The number of rotatable bonds is 4. The van der Waals surface area contributed by atoms with Crippen molar-refractivity contribution < 1.29 is 14.3 Å². The molecule has 3 aromatic rings. The van der Waals surface area contributed by atoms with E-state index in [4.69, 9.17) is 10.5 Å². The topological polar surface area (TPSA) is 103 Å². The Hall–Kier alpha value is -3.68. The fourth-order valence-electron chi connectivity index (χ4n) is 3.52. The van der Waals surface area contributed by atoms with Crippen LogP contribution in [0.1, 0.15) is 23.6 Å². The largest absolute Gasteiger partial charge is 0.497 e. The molecule has 0 saturated carbocycles. The number of hydrogen-bond donors (Lipinski definition) is 1. The van der Waals surface area contributed by atoms with Crippen LogP contribution in [0.25, 0.3) is 5.82 Å². The van der Waals surface area contributed by atoms with Gasteiger partial charge < -0.3 is 10.5 Å². The van der Waals surface area contributed by atoms with E-state index in [0.29, 0.717) is 34.3 Å². The summed E-state index contributed by atoms with van der Waals surface area (Å²) < 4.78 is 6.69. The number of imide groups is 1. The maximum absolute atomic E-state index is 13.1. The zero-order valence-electron chi connectivity index (χ0n) is 15.5. The second-order valence-corrected chi connectivity index (χ2v) is 6.51. The normalized spacial score (nSPS) is 16.6. The number of benzene rings is 1. The average Bonchev–Trinajstić information content (AvgIpc) is 3.17. The molecule has 0 unspecified atom stereocenters. The number of carbonyl (C=O) groups is 2. The maximum Gasteiger partial charge on any atom is 0.242 e. The molecule has 4 rings (SSSR count). The van der Waals surface area contributed by atoms with Crippen LogP contribution in [0.5, 0.6) is 5.75 Å². The first-order valence-electron chi connectivity index (χ1n) is 8.78. The number of pyridine rings is 1. The molecule has 1 aliphatic heterocycles. The molecule has 0 radical (unpaired) electrons. The van der Waals surface area contributed by atoms with E-state index in [1.165, 1.54) is 16.7 Å². The second-order valence-electron chi connectivity index (χ2n) is 6.51. The summed E-state index contributed by atoms with van der Waals surface area (Å²) in [5.41, 5.74) is 7.95. The quantitative estimate of drug-likeness (QED) is 0.699. The highest BCUT2D eigenvalue weighted by Crippen LogP contribution is 2.38. The molecule has 0 bridgehead atoms. The van der Waals surface area contributed by atoms with Crippen LogP contribution in [0.15, 0.2) is 48.7 Å². The van der Waals surface area contributed by atoms with Gasteiger partial charge in [-0.05, 0) is 31.2 Å². The summed E-state index contributed by atoms with van der Waals surface area (Å²) in [5, 5.41) is 4.44. The number of nitrogens with zero attached hydrogens (tertiary/aromatic N) is 4. The number of ether oxygens (including phenoxy) is 1. The molecule has 1 saturated heterocycles. The molecule has 8 nitrogen and oxygen atoms in total. The van der Waals surface area contributed by atoms with Gasteiger partial charge in [0, 0.05) is 24.2 Å². The lowest BCUT2D eigenvalue weighted by molar-refractivity contribution is -0.121. The summed E-state index contributed by atoms with van der Waals surface area (Å²) in [7, 11) is 1.53. The molecular formula is C20H19N5O3. The molecule has 2 amide bonds. The van der Waals surface area contributed by atoms with E-state index in [2.05, 4.69) is 10.1 Å². The summed E-state index contributed by atoms with van der Waals surface area (Å²) in [6, 6.07) is 12.2. The van der Waals surface area contributed by atoms with Crippen LogP contribution in [0.3, 0.4) is 0 Å². The van der Waals surface area contributed by atoms with Gasteiger partial charge in [-0.25, -0.2) is 9.88 Å². The highest BCUT2D eigenvalue weighted by molar-refractivity contribution is 6.23. The number of carbonyl (C=O) groups excluding carboxylic acids is 2. The average molecular weight is 377 g/mol. The summed E-state index contributed by atoms with van der Waals surface area (Å²) in [5.74, 6) is 0.142. The summed E-state index contributed by atoms with van der Waals surface area (Å²) in [6.45, 7) is 1.77. The van der Waals surface area contributed by atoms with Gasteiger partial charge in [0.2, 0.25) is 11.8 Å². The van der Waals surface area contributed by atoms with Gasteiger partial charge in [0.1, 0.15) is 11.6 Å². The van der Waals surface area contributed by atoms with Crippen molar-refractivity contribution in [3.8, 4) is 11.6 Å². The minimum Gasteiger partial charge on any atom is -0.497 e. The summed E-state index contributed by atoms with van der Waals surface area (Å²) >= 11 is 0. The van der Waals surface area contributed by atoms with Crippen LogP contribution in [0.2, 0.25) is 0 Å². The number of aryl methyl sites for hydroxylation is 1. The smallest absolute Gasteiger partial charge is 0.242 e.